The fraction of sp³-hybridized carbons (Fsp3) is 0.667. The zero-order chi connectivity index (χ0) is 20.7. The highest BCUT2D eigenvalue weighted by atomic mass is 16.2. The van der Waals surface area contributed by atoms with Gasteiger partial charge in [-0.3, -0.25) is 4.79 Å². The molecule has 0 spiro atoms. The van der Waals surface area contributed by atoms with Crippen LogP contribution in [0.1, 0.15) is 92.9 Å². The summed E-state index contributed by atoms with van der Waals surface area (Å²) in [4.78, 5) is 25.4. The molecular formula is C24H41NO2. The van der Waals surface area contributed by atoms with Gasteiger partial charge in [-0.05, 0) is 72.6 Å². The third kappa shape index (κ3) is 13.2. The van der Waals surface area contributed by atoms with E-state index in [-0.39, 0.29) is 11.7 Å². The molecule has 3 heteroatoms. The maximum absolute atomic E-state index is 12.5. The summed E-state index contributed by atoms with van der Waals surface area (Å²) < 4.78 is 0. The zero-order valence-electron chi connectivity index (χ0n) is 18.6. The van der Waals surface area contributed by atoms with Crippen LogP contribution in [0.25, 0.3) is 0 Å². The van der Waals surface area contributed by atoms with E-state index in [4.69, 9.17) is 0 Å². The molecule has 0 aliphatic carbocycles. The lowest BCUT2D eigenvalue weighted by molar-refractivity contribution is -0.127. The topological polar surface area (TPSA) is 37.4 Å². The Morgan fingerprint density at radius 3 is 1.59 bits per heavy atom. The molecule has 0 atom stereocenters. The molecule has 1 amide bonds. The molecule has 3 nitrogen and oxygen atoms in total. The highest BCUT2D eigenvalue weighted by Crippen LogP contribution is 2.13. The van der Waals surface area contributed by atoms with E-state index < -0.39 is 0 Å². The standard InChI is InChI=1S/C24H41NO2/c1-7-18-25(19-8-2)24(27)22(5)16-10-14-20(3)12-9-13-21(4)15-11-17-23(6)26/h12,15-16H,7-11,13-14,17-19H2,1-6H3. The Kier molecular flexibility index (Phi) is 14.5. The molecule has 154 valence electrons. The monoisotopic (exact) mass is 375 g/mol. The summed E-state index contributed by atoms with van der Waals surface area (Å²) in [6.07, 6.45) is 14.1. The summed E-state index contributed by atoms with van der Waals surface area (Å²) in [5.74, 6) is 0.441. The lowest BCUT2D eigenvalue weighted by Crippen LogP contribution is -2.33. The number of carbonyl (C=O) groups is 2. The molecule has 0 aliphatic rings. The molecule has 0 saturated heterocycles. The summed E-state index contributed by atoms with van der Waals surface area (Å²) in [7, 11) is 0. The minimum absolute atomic E-state index is 0.187. The van der Waals surface area contributed by atoms with Crippen molar-refractivity contribution in [2.75, 3.05) is 13.1 Å². The zero-order valence-corrected chi connectivity index (χ0v) is 18.6. The Labute approximate surface area is 167 Å². The van der Waals surface area contributed by atoms with E-state index in [9.17, 15) is 9.59 Å². The van der Waals surface area contributed by atoms with E-state index in [0.29, 0.717) is 6.42 Å². The van der Waals surface area contributed by atoms with Gasteiger partial charge in [0.05, 0.1) is 0 Å². The van der Waals surface area contributed by atoms with Gasteiger partial charge in [0, 0.05) is 25.1 Å². The van der Waals surface area contributed by atoms with Gasteiger partial charge in [0.2, 0.25) is 5.91 Å². The molecule has 0 radical (unpaired) electrons. The van der Waals surface area contributed by atoms with Crippen LogP contribution in [-0.2, 0) is 9.59 Å². The molecule has 0 bridgehead atoms. The van der Waals surface area contributed by atoms with E-state index in [1.807, 2.05) is 11.8 Å². The predicted octanol–water partition coefficient (Wildman–Crippen LogP) is 6.40. The molecule has 0 unspecified atom stereocenters. The number of rotatable bonds is 14. The van der Waals surface area contributed by atoms with Crippen LogP contribution in [0.3, 0.4) is 0 Å². The molecule has 0 aliphatic heterocycles. The molecule has 0 aromatic heterocycles. The van der Waals surface area contributed by atoms with E-state index in [1.54, 1.807) is 6.92 Å². The van der Waals surface area contributed by atoms with Crippen molar-refractivity contribution in [3.63, 3.8) is 0 Å². The Morgan fingerprint density at radius 2 is 1.15 bits per heavy atom. The van der Waals surface area contributed by atoms with Gasteiger partial charge in [-0.25, -0.2) is 0 Å². The van der Waals surface area contributed by atoms with Crippen LogP contribution < -0.4 is 0 Å². The smallest absolute Gasteiger partial charge is 0.249 e. The van der Waals surface area contributed by atoms with Gasteiger partial charge in [0.1, 0.15) is 5.78 Å². The fourth-order valence-corrected chi connectivity index (χ4v) is 2.98. The lowest BCUT2D eigenvalue weighted by atomic mass is 10.0. The Hall–Kier alpha value is -1.64. The average molecular weight is 376 g/mol. The van der Waals surface area contributed by atoms with Crippen LogP contribution in [0.15, 0.2) is 34.9 Å². The second-order valence-electron chi connectivity index (χ2n) is 7.60. The minimum atomic E-state index is 0.187. The van der Waals surface area contributed by atoms with E-state index >= 15 is 0 Å². The third-order valence-corrected chi connectivity index (χ3v) is 4.62. The van der Waals surface area contributed by atoms with Crippen LogP contribution in [0.2, 0.25) is 0 Å². The van der Waals surface area contributed by atoms with Gasteiger partial charge in [-0.1, -0.05) is 43.2 Å². The van der Waals surface area contributed by atoms with Gasteiger partial charge in [0.15, 0.2) is 0 Å². The molecule has 0 N–H and O–H groups in total. The summed E-state index contributed by atoms with van der Waals surface area (Å²) in [5, 5.41) is 0. The average Bonchev–Trinajstić information content (AvgIpc) is 2.60. The first-order valence-corrected chi connectivity index (χ1v) is 10.6. The van der Waals surface area contributed by atoms with Crippen LogP contribution in [0, 0.1) is 0 Å². The third-order valence-electron chi connectivity index (χ3n) is 4.62. The Balaban J connectivity index is 4.33. The van der Waals surface area contributed by atoms with Crippen molar-refractivity contribution < 1.29 is 9.59 Å². The first-order valence-electron chi connectivity index (χ1n) is 10.6. The molecule has 0 rings (SSSR count). The number of ketones is 1. The molecule has 0 fully saturated rings. The summed E-state index contributed by atoms with van der Waals surface area (Å²) in [6, 6.07) is 0. The van der Waals surface area contributed by atoms with Crippen molar-refractivity contribution in [2.45, 2.75) is 92.9 Å². The van der Waals surface area contributed by atoms with Crippen molar-refractivity contribution in [3.05, 3.63) is 34.9 Å². The highest BCUT2D eigenvalue weighted by Gasteiger charge is 2.12. The number of carbonyl (C=O) groups excluding carboxylic acids is 2. The van der Waals surface area contributed by atoms with Crippen molar-refractivity contribution in [1.29, 1.82) is 0 Å². The molecule has 0 saturated carbocycles. The van der Waals surface area contributed by atoms with Crippen LogP contribution >= 0.6 is 0 Å². The lowest BCUT2D eigenvalue weighted by Gasteiger charge is -2.21. The van der Waals surface area contributed by atoms with Crippen molar-refractivity contribution >= 4 is 11.7 Å². The van der Waals surface area contributed by atoms with Crippen LogP contribution in [0.5, 0.6) is 0 Å². The Bertz CT molecular complexity index is 535. The van der Waals surface area contributed by atoms with E-state index in [2.05, 4.69) is 45.9 Å². The number of nitrogens with zero attached hydrogens (tertiary/aromatic N) is 1. The van der Waals surface area contributed by atoms with Gasteiger partial charge < -0.3 is 9.69 Å². The van der Waals surface area contributed by atoms with Crippen molar-refractivity contribution in [1.82, 2.24) is 4.90 Å². The summed E-state index contributed by atoms with van der Waals surface area (Å²) >= 11 is 0. The van der Waals surface area contributed by atoms with E-state index in [0.717, 1.165) is 63.6 Å². The quantitative estimate of drug-likeness (QED) is 0.260. The highest BCUT2D eigenvalue weighted by molar-refractivity contribution is 5.92. The first-order chi connectivity index (χ1) is 12.8. The maximum Gasteiger partial charge on any atom is 0.249 e. The van der Waals surface area contributed by atoms with Gasteiger partial charge in [0.25, 0.3) is 0 Å². The van der Waals surface area contributed by atoms with Gasteiger partial charge >= 0.3 is 0 Å². The van der Waals surface area contributed by atoms with Crippen molar-refractivity contribution in [3.8, 4) is 0 Å². The minimum Gasteiger partial charge on any atom is -0.339 e. The summed E-state index contributed by atoms with van der Waals surface area (Å²) in [6.45, 7) is 13.8. The van der Waals surface area contributed by atoms with Crippen LogP contribution in [0.4, 0.5) is 0 Å². The summed E-state index contributed by atoms with van der Waals surface area (Å²) in [5.41, 5.74) is 3.60. The largest absolute Gasteiger partial charge is 0.339 e. The number of Topliss-reactive ketones (excluding diaryl/α,β-unsaturated/α-hetero) is 1. The van der Waals surface area contributed by atoms with Gasteiger partial charge in [-0.15, -0.1) is 0 Å². The Morgan fingerprint density at radius 1 is 0.704 bits per heavy atom. The predicted molar refractivity (Wildman–Crippen MR) is 117 cm³/mol. The number of hydrogen-bond acceptors (Lipinski definition) is 2. The van der Waals surface area contributed by atoms with Gasteiger partial charge in [-0.2, -0.15) is 0 Å². The van der Waals surface area contributed by atoms with E-state index in [1.165, 1.54) is 11.1 Å². The fourth-order valence-electron chi connectivity index (χ4n) is 2.98. The maximum atomic E-state index is 12.5. The molecule has 27 heavy (non-hydrogen) atoms. The second kappa shape index (κ2) is 15.4. The first kappa shape index (κ1) is 25.4. The molecular weight excluding hydrogens is 334 g/mol. The SMILES string of the molecule is CCCN(CCC)C(=O)C(C)=CCCC(C)=CCCC(C)=CCCC(C)=O. The number of hydrogen-bond donors (Lipinski definition) is 0. The van der Waals surface area contributed by atoms with Crippen molar-refractivity contribution in [2.24, 2.45) is 0 Å². The molecule has 0 aromatic carbocycles. The molecule has 0 heterocycles. The number of allylic oxidation sites excluding steroid dienone is 5. The normalized spacial score (nSPS) is 13.0. The number of amides is 1. The molecule has 0 aromatic rings. The van der Waals surface area contributed by atoms with Crippen LogP contribution in [-0.4, -0.2) is 29.7 Å². The second-order valence-corrected chi connectivity index (χ2v) is 7.60.